The standard InChI is InChI=1S/C14H19BrN2O3/c1-18-13-10(2-5-17-6-3-16-4-7-17)14-12(8-11(13)15)19-9-20-14/h8,16H,2-7,9H2,1H3. The van der Waals surface area contributed by atoms with Gasteiger partial charge in [0.05, 0.1) is 11.6 Å². The lowest BCUT2D eigenvalue weighted by Crippen LogP contribution is -2.44. The van der Waals surface area contributed by atoms with Crippen LogP contribution in [0, 0.1) is 0 Å². The Morgan fingerprint density at radius 3 is 2.90 bits per heavy atom. The fraction of sp³-hybridized carbons (Fsp3) is 0.571. The summed E-state index contributed by atoms with van der Waals surface area (Å²) in [6.45, 7) is 5.60. The van der Waals surface area contributed by atoms with Crippen LogP contribution in [-0.2, 0) is 6.42 Å². The molecule has 1 N–H and O–H groups in total. The largest absolute Gasteiger partial charge is 0.495 e. The van der Waals surface area contributed by atoms with Gasteiger partial charge in [0, 0.05) is 44.4 Å². The maximum atomic E-state index is 5.61. The van der Waals surface area contributed by atoms with Crippen molar-refractivity contribution in [1.29, 1.82) is 0 Å². The molecular formula is C14H19BrN2O3. The molecule has 1 aromatic rings. The molecule has 20 heavy (non-hydrogen) atoms. The molecule has 6 heteroatoms. The molecule has 0 aliphatic carbocycles. The van der Waals surface area contributed by atoms with Crippen LogP contribution in [0.2, 0.25) is 0 Å². The zero-order chi connectivity index (χ0) is 13.9. The maximum absolute atomic E-state index is 5.61. The van der Waals surface area contributed by atoms with Crippen LogP contribution in [0.5, 0.6) is 17.2 Å². The van der Waals surface area contributed by atoms with E-state index in [1.54, 1.807) is 7.11 Å². The highest BCUT2D eigenvalue weighted by molar-refractivity contribution is 9.10. The van der Waals surface area contributed by atoms with Gasteiger partial charge < -0.3 is 24.4 Å². The minimum atomic E-state index is 0.287. The Balaban J connectivity index is 1.80. The van der Waals surface area contributed by atoms with E-state index >= 15 is 0 Å². The first kappa shape index (κ1) is 14.0. The summed E-state index contributed by atoms with van der Waals surface area (Å²) in [6, 6.07) is 1.91. The highest BCUT2D eigenvalue weighted by Gasteiger charge is 2.24. The van der Waals surface area contributed by atoms with E-state index in [1.807, 2.05) is 6.07 Å². The van der Waals surface area contributed by atoms with Crippen molar-refractivity contribution in [3.05, 3.63) is 16.1 Å². The van der Waals surface area contributed by atoms with Gasteiger partial charge in [-0.3, -0.25) is 0 Å². The molecule has 0 atom stereocenters. The van der Waals surface area contributed by atoms with E-state index in [1.165, 1.54) is 0 Å². The van der Waals surface area contributed by atoms with Gasteiger partial charge in [0.2, 0.25) is 6.79 Å². The number of hydrogen-bond donors (Lipinski definition) is 1. The fourth-order valence-corrected chi connectivity index (χ4v) is 3.32. The van der Waals surface area contributed by atoms with Crippen LogP contribution in [0.25, 0.3) is 0 Å². The SMILES string of the molecule is COc1c(Br)cc2c(c1CCN1CCNCC1)OCO2. The van der Waals surface area contributed by atoms with Gasteiger partial charge >= 0.3 is 0 Å². The van der Waals surface area contributed by atoms with E-state index < -0.39 is 0 Å². The van der Waals surface area contributed by atoms with Crippen LogP contribution < -0.4 is 19.5 Å². The predicted octanol–water partition coefficient (Wildman–Crippen LogP) is 1.63. The van der Waals surface area contributed by atoms with Crippen molar-refractivity contribution >= 4 is 15.9 Å². The number of piperazine rings is 1. The van der Waals surface area contributed by atoms with Crippen molar-refractivity contribution in [1.82, 2.24) is 10.2 Å². The Morgan fingerprint density at radius 1 is 1.35 bits per heavy atom. The van der Waals surface area contributed by atoms with Crippen LogP contribution in [0.15, 0.2) is 10.5 Å². The van der Waals surface area contributed by atoms with Gasteiger partial charge in [-0.25, -0.2) is 0 Å². The molecule has 3 rings (SSSR count). The second kappa shape index (κ2) is 6.20. The number of nitrogens with one attached hydrogen (secondary N) is 1. The van der Waals surface area contributed by atoms with Crippen LogP contribution in [0.1, 0.15) is 5.56 Å². The molecule has 0 aromatic heterocycles. The smallest absolute Gasteiger partial charge is 0.231 e. The van der Waals surface area contributed by atoms with E-state index in [2.05, 4.69) is 26.1 Å². The molecule has 1 fully saturated rings. The van der Waals surface area contributed by atoms with E-state index in [0.717, 1.165) is 66.4 Å². The van der Waals surface area contributed by atoms with E-state index in [4.69, 9.17) is 14.2 Å². The van der Waals surface area contributed by atoms with E-state index in [-0.39, 0.29) is 6.79 Å². The number of benzene rings is 1. The van der Waals surface area contributed by atoms with Gasteiger partial charge in [-0.2, -0.15) is 0 Å². The fourth-order valence-electron chi connectivity index (χ4n) is 2.71. The van der Waals surface area contributed by atoms with Gasteiger partial charge in [-0.1, -0.05) is 0 Å². The average Bonchev–Trinajstić information content (AvgIpc) is 2.93. The van der Waals surface area contributed by atoms with Gasteiger partial charge in [0.15, 0.2) is 11.5 Å². The summed E-state index contributed by atoms with van der Waals surface area (Å²) in [4.78, 5) is 2.46. The number of hydrogen-bond acceptors (Lipinski definition) is 5. The topological polar surface area (TPSA) is 43.0 Å². The third kappa shape index (κ3) is 2.73. The maximum Gasteiger partial charge on any atom is 0.231 e. The quantitative estimate of drug-likeness (QED) is 0.900. The lowest BCUT2D eigenvalue weighted by Gasteiger charge is -2.27. The highest BCUT2D eigenvalue weighted by atomic mass is 79.9. The molecule has 0 bridgehead atoms. The van der Waals surface area contributed by atoms with E-state index in [9.17, 15) is 0 Å². The van der Waals surface area contributed by atoms with Crippen molar-refractivity contribution < 1.29 is 14.2 Å². The summed E-state index contributed by atoms with van der Waals surface area (Å²) in [5, 5.41) is 3.37. The van der Waals surface area contributed by atoms with Crippen molar-refractivity contribution in [2.75, 3.05) is 46.6 Å². The lowest BCUT2D eigenvalue weighted by atomic mass is 10.1. The molecule has 1 aromatic carbocycles. The molecule has 1 saturated heterocycles. The Kier molecular flexibility index (Phi) is 4.33. The highest BCUT2D eigenvalue weighted by Crippen LogP contribution is 2.45. The van der Waals surface area contributed by atoms with Crippen LogP contribution in [-0.4, -0.2) is 51.5 Å². The number of fused-ring (bicyclic) bond motifs is 1. The average molecular weight is 343 g/mol. The van der Waals surface area contributed by atoms with Crippen LogP contribution in [0.4, 0.5) is 0 Å². The number of nitrogens with zero attached hydrogens (tertiary/aromatic N) is 1. The van der Waals surface area contributed by atoms with E-state index in [0.29, 0.717) is 0 Å². The molecule has 2 aliphatic rings. The predicted molar refractivity (Wildman–Crippen MR) is 79.8 cm³/mol. The van der Waals surface area contributed by atoms with Crippen LogP contribution in [0.3, 0.4) is 0 Å². The number of halogens is 1. The summed E-state index contributed by atoms with van der Waals surface area (Å²) in [7, 11) is 1.69. The third-order valence-corrected chi connectivity index (χ3v) is 4.35. The monoisotopic (exact) mass is 342 g/mol. The zero-order valence-electron chi connectivity index (χ0n) is 11.6. The van der Waals surface area contributed by atoms with Crippen molar-refractivity contribution in [3.8, 4) is 17.2 Å². The second-order valence-electron chi connectivity index (χ2n) is 4.95. The molecule has 0 radical (unpaired) electrons. The molecular weight excluding hydrogens is 324 g/mol. The van der Waals surface area contributed by atoms with Gasteiger partial charge in [-0.15, -0.1) is 0 Å². The number of ether oxygens (including phenoxy) is 3. The molecule has 0 saturated carbocycles. The normalized spacial score (nSPS) is 18.3. The number of methoxy groups -OCH3 is 1. The summed E-state index contributed by atoms with van der Waals surface area (Å²) >= 11 is 3.54. The van der Waals surface area contributed by atoms with Crippen LogP contribution >= 0.6 is 15.9 Å². The van der Waals surface area contributed by atoms with Crippen molar-refractivity contribution in [2.45, 2.75) is 6.42 Å². The Labute approximate surface area is 127 Å². The summed E-state index contributed by atoms with van der Waals surface area (Å²) in [5.74, 6) is 2.48. The first-order valence-electron chi connectivity index (χ1n) is 6.87. The Morgan fingerprint density at radius 2 is 2.15 bits per heavy atom. The first-order chi connectivity index (χ1) is 9.79. The minimum Gasteiger partial charge on any atom is -0.495 e. The molecule has 5 nitrogen and oxygen atoms in total. The second-order valence-corrected chi connectivity index (χ2v) is 5.80. The first-order valence-corrected chi connectivity index (χ1v) is 7.67. The van der Waals surface area contributed by atoms with Gasteiger partial charge in [0.25, 0.3) is 0 Å². The summed E-state index contributed by atoms with van der Waals surface area (Å²) in [5.41, 5.74) is 1.09. The van der Waals surface area contributed by atoms with Gasteiger partial charge in [-0.05, 0) is 22.4 Å². The zero-order valence-corrected chi connectivity index (χ0v) is 13.2. The Bertz CT molecular complexity index is 486. The summed E-state index contributed by atoms with van der Waals surface area (Å²) in [6.07, 6.45) is 0.897. The lowest BCUT2D eigenvalue weighted by molar-refractivity contribution is 0.172. The molecule has 2 heterocycles. The summed E-state index contributed by atoms with van der Waals surface area (Å²) < 4.78 is 17.5. The van der Waals surface area contributed by atoms with Crippen molar-refractivity contribution in [2.24, 2.45) is 0 Å². The van der Waals surface area contributed by atoms with Crippen molar-refractivity contribution in [3.63, 3.8) is 0 Å². The molecule has 110 valence electrons. The van der Waals surface area contributed by atoms with Gasteiger partial charge in [0.1, 0.15) is 5.75 Å². The molecule has 0 spiro atoms. The molecule has 2 aliphatic heterocycles. The third-order valence-electron chi connectivity index (χ3n) is 3.76. The number of rotatable bonds is 4. The molecule has 0 amide bonds. The Hall–Kier alpha value is -0.980. The minimum absolute atomic E-state index is 0.287. The molecule has 0 unspecified atom stereocenters.